The lowest BCUT2D eigenvalue weighted by Gasteiger charge is -2.09. The van der Waals surface area contributed by atoms with Gasteiger partial charge in [-0.1, -0.05) is 18.2 Å². The van der Waals surface area contributed by atoms with E-state index >= 15 is 0 Å². The van der Waals surface area contributed by atoms with Crippen LogP contribution in [-0.4, -0.2) is 26.2 Å². The normalized spacial score (nSPS) is 10.4. The van der Waals surface area contributed by atoms with Crippen LogP contribution >= 0.6 is 0 Å². The van der Waals surface area contributed by atoms with Gasteiger partial charge in [-0.2, -0.15) is 0 Å². The molecule has 0 aliphatic carbocycles. The van der Waals surface area contributed by atoms with Crippen LogP contribution in [0.25, 0.3) is 0 Å². The van der Waals surface area contributed by atoms with Gasteiger partial charge < -0.3 is 14.8 Å². The van der Waals surface area contributed by atoms with E-state index in [0.29, 0.717) is 18.7 Å². The van der Waals surface area contributed by atoms with Gasteiger partial charge in [0.15, 0.2) is 11.6 Å². The molecule has 0 saturated carbocycles. The Morgan fingerprint density at radius 1 is 1.13 bits per heavy atom. The molecule has 6 heteroatoms. The minimum atomic E-state index is -0.637. The van der Waals surface area contributed by atoms with Crippen LogP contribution in [0.4, 0.5) is 8.78 Å². The van der Waals surface area contributed by atoms with Gasteiger partial charge in [0.2, 0.25) is 0 Å². The van der Waals surface area contributed by atoms with Crippen molar-refractivity contribution in [3.63, 3.8) is 0 Å². The highest BCUT2D eigenvalue weighted by Crippen LogP contribution is 2.18. The number of ether oxygens (including phenoxy) is 2. The van der Waals surface area contributed by atoms with Gasteiger partial charge in [-0.05, 0) is 24.3 Å². The number of benzene rings is 2. The second kappa shape index (κ2) is 8.24. The number of esters is 1. The molecule has 0 unspecified atom stereocenters. The summed E-state index contributed by atoms with van der Waals surface area (Å²) in [6.45, 7) is 0.995. The van der Waals surface area contributed by atoms with Crippen LogP contribution in [0.1, 0.15) is 15.9 Å². The summed E-state index contributed by atoms with van der Waals surface area (Å²) in [6.07, 6.45) is 0. The molecular weight excluding hydrogens is 304 g/mol. The lowest BCUT2D eigenvalue weighted by atomic mass is 10.2. The average molecular weight is 321 g/mol. The van der Waals surface area contributed by atoms with Gasteiger partial charge in [0.1, 0.15) is 12.4 Å². The lowest BCUT2D eigenvalue weighted by molar-refractivity contribution is 0.0600. The Kier molecular flexibility index (Phi) is 6.05. The zero-order chi connectivity index (χ0) is 16.7. The summed E-state index contributed by atoms with van der Waals surface area (Å²) in [5, 5.41) is 3.01. The number of methoxy groups -OCH3 is 1. The van der Waals surface area contributed by atoms with E-state index in [4.69, 9.17) is 4.74 Å². The Hall–Kier alpha value is -2.47. The number of carbonyl (C=O) groups is 1. The molecule has 4 nitrogen and oxygen atoms in total. The van der Waals surface area contributed by atoms with Crippen molar-refractivity contribution in [2.24, 2.45) is 0 Å². The molecule has 0 radical (unpaired) electrons. The van der Waals surface area contributed by atoms with Crippen molar-refractivity contribution >= 4 is 5.97 Å². The minimum absolute atomic E-state index is 0.0466. The standard InChI is InChI=1S/C17H17F2NO3/c1-22-17(21)12-6-7-16(15(19)10-12)23-9-8-20-11-13-4-2-3-5-14(13)18/h2-7,10,20H,8-9,11H2,1H3. The van der Waals surface area contributed by atoms with Gasteiger partial charge in [0.05, 0.1) is 12.7 Å². The molecule has 0 saturated heterocycles. The molecule has 23 heavy (non-hydrogen) atoms. The van der Waals surface area contributed by atoms with Crippen LogP contribution in [0.2, 0.25) is 0 Å². The molecule has 0 amide bonds. The molecule has 1 N–H and O–H groups in total. The maximum Gasteiger partial charge on any atom is 0.337 e. The number of hydrogen-bond donors (Lipinski definition) is 1. The molecule has 0 bridgehead atoms. The molecule has 0 aromatic heterocycles. The van der Waals surface area contributed by atoms with Crippen molar-refractivity contribution in [1.82, 2.24) is 5.32 Å². The molecule has 0 aliphatic rings. The Bertz CT molecular complexity index is 677. The third kappa shape index (κ3) is 4.75. The number of rotatable bonds is 7. The topological polar surface area (TPSA) is 47.6 Å². The maximum absolute atomic E-state index is 13.8. The fourth-order valence-corrected chi connectivity index (χ4v) is 1.96. The van der Waals surface area contributed by atoms with E-state index in [2.05, 4.69) is 10.1 Å². The molecule has 122 valence electrons. The van der Waals surface area contributed by atoms with E-state index in [1.807, 2.05) is 0 Å². The highest BCUT2D eigenvalue weighted by Gasteiger charge is 2.10. The van der Waals surface area contributed by atoms with E-state index in [9.17, 15) is 13.6 Å². The van der Waals surface area contributed by atoms with Gasteiger partial charge in [-0.25, -0.2) is 13.6 Å². The van der Waals surface area contributed by atoms with Crippen molar-refractivity contribution in [2.45, 2.75) is 6.54 Å². The van der Waals surface area contributed by atoms with Crippen molar-refractivity contribution < 1.29 is 23.0 Å². The van der Waals surface area contributed by atoms with Crippen LogP contribution in [0.3, 0.4) is 0 Å². The molecule has 0 atom stereocenters. The Balaban J connectivity index is 1.78. The highest BCUT2D eigenvalue weighted by molar-refractivity contribution is 5.89. The third-order valence-electron chi connectivity index (χ3n) is 3.16. The fraction of sp³-hybridized carbons (Fsp3) is 0.235. The van der Waals surface area contributed by atoms with Crippen LogP contribution in [0, 0.1) is 11.6 Å². The zero-order valence-corrected chi connectivity index (χ0v) is 12.6. The first-order valence-electron chi connectivity index (χ1n) is 7.06. The van der Waals surface area contributed by atoms with Crippen molar-refractivity contribution in [2.75, 3.05) is 20.3 Å². The summed E-state index contributed by atoms with van der Waals surface area (Å²) >= 11 is 0. The summed E-state index contributed by atoms with van der Waals surface area (Å²) in [4.78, 5) is 11.3. The smallest absolute Gasteiger partial charge is 0.337 e. The second-order valence-electron chi connectivity index (χ2n) is 4.75. The monoisotopic (exact) mass is 321 g/mol. The minimum Gasteiger partial charge on any atom is -0.489 e. The first-order valence-corrected chi connectivity index (χ1v) is 7.06. The molecule has 2 rings (SSSR count). The van der Waals surface area contributed by atoms with Crippen molar-refractivity contribution in [3.8, 4) is 5.75 Å². The second-order valence-corrected chi connectivity index (χ2v) is 4.75. The van der Waals surface area contributed by atoms with Crippen LogP contribution in [-0.2, 0) is 11.3 Å². The molecule has 0 heterocycles. The Morgan fingerprint density at radius 2 is 1.91 bits per heavy atom. The van der Waals surface area contributed by atoms with Crippen molar-refractivity contribution in [1.29, 1.82) is 0 Å². The number of hydrogen-bond acceptors (Lipinski definition) is 4. The summed E-state index contributed by atoms with van der Waals surface area (Å²) in [5.74, 6) is -1.47. The Labute approximate surface area is 133 Å². The van der Waals surface area contributed by atoms with E-state index in [-0.39, 0.29) is 23.7 Å². The average Bonchev–Trinajstić information content (AvgIpc) is 2.56. The molecule has 0 spiro atoms. The van der Waals surface area contributed by atoms with E-state index < -0.39 is 11.8 Å². The molecular formula is C17H17F2NO3. The van der Waals surface area contributed by atoms with Gasteiger partial charge >= 0.3 is 5.97 Å². The maximum atomic E-state index is 13.8. The first kappa shape index (κ1) is 16.9. The van der Waals surface area contributed by atoms with E-state index in [0.717, 1.165) is 6.07 Å². The van der Waals surface area contributed by atoms with Crippen LogP contribution in [0.5, 0.6) is 5.75 Å². The zero-order valence-electron chi connectivity index (χ0n) is 12.6. The number of halogens is 2. The third-order valence-corrected chi connectivity index (χ3v) is 3.16. The first-order chi connectivity index (χ1) is 11.1. The predicted octanol–water partition coefficient (Wildman–Crippen LogP) is 2.92. The predicted molar refractivity (Wildman–Crippen MR) is 81.3 cm³/mol. The number of nitrogens with one attached hydrogen (secondary N) is 1. The fourth-order valence-electron chi connectivity index (χ4n) is 1.96. The largest absolute Gasteiger partial charge is 0.489 e. The quantitative estimate of drug-likeness (QED) is 0.629. The molecule has 0 aliphatic heterocycles. The SMILES string of the molecule is COC(=O)c1ccc(OCCNCc2ccccc2F)c(F)c1. The van der Waals surface area contributed by atoms with Gasteiger partial charge in [-0.15, -0.1) is 0 Å². The molecule has 0 fully saturated rings. The van der Waals surface area contributed by atoms with E-state index in [1.54, 1.807) is 18.2 Å². The van der Waals surface area contributed by atoms with Crippen molar-refractivity contribution in [3.05, 3.63) is 65.2 Å². The molecule has 2 aromatic rings. The van der Waals surface area contributed by atoms with Crippen LogP contribution in [0.15, 0.2) is 42.5 Å². The van der Waals surface area contributed by atoms with Gasteiger partial charge in [0, 0.05) is 18.7 Å². The summed E-state index contributed by atoms with van der Waals surface area (Å²) < 4.78 is 37.0. The summed E-state index contributed by atoms with van der Waals surface area (Å²) in [7, 11) is 1.23. The van der Waals surface area contributed by atoms with Gasteiger partial charge in [-0.3, -0.25) is 0 Å². The Morgan fingerprint density at radius 3 is 2.61 bits per heavy atom. The van der Waals surface area contributed by atoms with Crippen LogP contribution < -0.4 is 10.1 Å². The molecule has 2 aromatic carbocycles. The lowest BCUT2D eigenvalue weighted by Crippen LogP contribution is -2.21. The van der Waals surface area contributed by atoms with E-state index in [1.165, 1.54) is 25.3 Å². The summed E-state index contributed by atoms with van der Waals surface area (Å²) in [6, 6.07) is 10.3. The van der Waals surface area contributed by atoms with Gasteiger partial charge in [0.25, 0.3) is 0 Å². The number of carbonyl (C=O) groups excluding carboxylic acids is 1. The highest BCUT2D eigenvalue weighted by atomic mass is 19.1. The summed E-state index contributed by atoms with van der Waals surface area (Å²) in [5.41, 5.74) is 0.677.